The van der Waals surface area contributed by atoms with Gasteiger partial charge in [-0.3, -0.25) is 4.90 Å². The fraction of sp³-hybridized carbons (Fsp3) is 1.00. The van der Waals surface area contributed by atoms with E-state index in [1.807, 2.05) is 33.1 Å². The van der Waals surface area contributed by atoms with Crippen molar-refractivity contribution in [2.75, 3.05) is 28.2 Å². The minimum Gasteiger partial charge on any atom is -0.392 e. The quantitative estimate of drug-likeness (QED) is 0.617. The SMILES string of the molecule is CC(O)C(CC(C)(O)N(C)C)N(C)C. The molecule has 0 saturated heterocycles. The summed E-state index contributed by atoms with van der Waals surface area (Å²) in [6, 6.07) is -0.0348. The molecule has 0 rings (SSSR count). The van der Waals surface area contributed by atoms with Gasteiger partial charge in [0.15, 0.2) is 0 Å². The highest BCUT2D eigenvalue weighted by molar-refractivity contribution is 4.81. The molecule has 0 aliphatic heterocycles. The van der Waals surface area contributed by atoms with Crippen molar-refractivity contribution in [3.05, 3.63) is 0 Å². The van der Waals surface area contributed by atoms with Crippen LogP contribution >= 0.6 is 0 Å². The van der Waals surface area contributed by atoms with Crippen LogP contribution in [0.15, 0.2) is 0 Å². The first-order valence-corrected chi connectivity index (χ1v) is 4.92. The Bertz CT molecular complexity index is 160. The van der Waals surface area contributed by atoms with Crippen molar-refractivity contribution in [3.63, 3.8) is 0 Å². The molecule has 0 bridgehead atoms. The van der Waals surface area contributed by atoms with E-state index in [0.29, 0.717) is 6.42 Å². The third kappa shape index (κ3) is 3.92. The Hall–Kier alpha value is -0.160. The lowest BCUT2D eigenvalue weighted by molar-refractivity contribution is -0.0964. The highest BCUT2D eigenvalue weighted by atomic mass is 16.3. The van der Waals surface area contributed by atoms with Crippen molar-refractivity contribution >= 4 is 0 Å². The van der Waals surface area contributed by atoms with Crippen LogP contribution in [0.25, 0.3) is 0 Å². The average Bonchev–Trinajstić information content (AvgIpc) is 1.98. The van der Waals surface area contributed by atoms with E-state index in [4.69, 9.17) is 0 Å². The Morgan fingerprint density at radius 3 is 1.86 bits per heavy atom. The van der Waals surface area contributed by atoms with Crippen LogP contribution in [-0.2, 0) is 0 Å². The van der Waals surface area contributed by atoms with Crippen LogP contribution in [0.5, 0.6) is 0 Å². The molecule has 0 fully saturated rings. The van der Waals surface area contributed by atoms with Crippen LogP contribution in [0.4, 0.5) is 0 Å². The van der Waals surface area contributed by atoms with Gasteiger partial charge in [0.1, 0.15) is 5.72 Å². The summed E-state index contributed by atoms with van der Waals surface area (Å²) in [5, 5.41) is 19.6. The lowest BCUT2D eigenvalue weighted by Crippen LogP contribution is -2.49. The molecule has 14 heavy (non-hydrogen) atoms. The van der Waals surface area contributed by atoms with Crippen LogP contribution in [0.2, 0.25) is 0 Å². The first-order valence-electron chi connectivity index (χ1n) is 4.92. The van der Waals surface area contributed by atoms with Crippen molar-refractivity contribution in [2.45, 2.75) is 38.1 Å². The fourth-order valence-corrected chi connectivity index (χ4v) is 1.36. The largest absolute Gasteiger partial charge is 0.392 e. The zero-order valence-electron chi connectivity index (χ0n) is 10.2. The van der Waals surface area contributed by atoms with E-state index in [2.05, 4.69) is 0 Å². The molecular weight excluding hydrogens is 180 g/mol. The predicted octanol–water partition coefficient (Wildman–Crippen LogP) is -0.0424. The van der Waals surface area contributed by atoms with Gasteiger partial charge in [0.25, 0.3) is 0 Å². The molecule has 0 aliphatic rings. The van der Waals surface area contributed by atoms with Crippen molar-refractivity contribution in [2.24, 2.45) is 0 Å². The molecule has 4 nitrogen and oxygen atoms in total. The zero-order valence-corrected chi connectivity index (χ0v) is 10.2. The Balaban J connectivity index is 4.44. The van der Waals surface area contributed by atoms with E-state index >= 15 is 0 Å². The van der Waals surface area contributed by atoms with Gasteiger partial charge in [0.05, 0.1) is 6.10 Å². The third-order valence-corrected chi connectivity index (χ3v) is 2.78. The lowest BCUT2D eigenvalue weighted by atomic mass is 9.99. The average molecular weight is 204 g/mol. The summed E-state index contributed by atoms with van der Waals surface area (Å²) in [5.41, 5.74) is -0.883. The Morgan fingerprint density at radius 2 is 1.64 bits per heavy atom. The van der Waals surface area contributed by atoms with Crippen molar-refractivity contribution in [3.8, 4) is 0 Å². The van der Waals surface area contributed by atoms with Crippen molar-refractivity contribution < 1.29 is 10.2 Å². The van der Waals surface area contributed by atoms with Gasteiger partial charge in [-0.25, -0.2) is 0 Å². The predicted molar refractivity (Wildman–Crippen MR) is 58.1 cm³/mol. The topological polar surface area (TPSA) is 46.9 Å². The number of aliphatic hydroxyl groups excluding tert-OH is 1. The standard InChI is InChI=1S/C10H24N2O2/c1-8(13)9(11(3)4)7-10(2,14)12(5)6/h8-9,13-14H,7H2,1-6H3. The Labute approximate surface area is 87.1 Å². The number of nitrogens with zero attached hydrogens (tertiary/aromatic N) is 2. The molecule has 3 unspecified atom stereocenters. The van der Waals surface area contributed by atoms with Gasteiger partial charge in [0.2, 0.25) is 0 Å². The third-order valence-electron chi connectivity index (χ3n) is 2.78. The second-order valence-electron chi connectivity index (χ2n) is 4.59. The van der Waals surface area contributed by atoms with E-state index < -0.39 is 11.8 Å². The van der Waals surface area contributed by atoms with Crippen LogP contribution in [0.3, 0.4) is 0 Å². The van der Waals surface area contributed by atoms with Gasteiger partial charge >= 0.3 is 0 Å². The molecule has 2 N–H and O–H groups in total. The molecule has 0 aromatic carbocycles. The summed E-state index contributed by atoms with van der Waals surface area (Å²) >= 11 is 0. The zero-order chi connectivity index (χ0) is 11.5. The van der Waals surface area contributed by atoms with Gasteiger partial charge in [-0.1, -0.05) is 0 Å². The summed E-state index contributed by atoms with van der Waals surface area (Å²) < 4.78 is 0. The number of likely N-dealkylation sites (N-methyl/N-ethyl adjacent to an activating group) is 1. The van der Waals surface area contributed by atoms with Crippen LogP contribution in [-0.4, -0.2) is 66.1 Å². The summed E-state index contributed by atoms with van der Waals surface area (Å²) in [7, 11) is 7.47. The molecule has 0 amide bonds. The molecule has 0 aromatic rings. The summed E-state index contributed by atoms with van der Waals surface area (Å²) in [6.45, 7) is 3.50. The molecule has 86 valence electrons. The monoisotopic (exact) mass is 204 g/mol. The van der Waals surface area contributed by atoms with E-state index in [1.54, 1.807) is 18.7 Å². The number of aliphatic hydroxyl groups is 2. The Morgan fingerprint density at radius 1 is 1.21 bits per heavy atom. The molecule has 0 spiro atoms. The number of hydrogen-bond donors (Lipinski definition) is 2. The molecule has 0 saturated carbocycles. The number of hydrogen-bond acceptors (Lipinski definition) is 4. The minimum atomic E-state index is -0.883. The van der Waals surface area contributed by atoms with Gasteiger partial charge in [-0.05, 0) is 42.0 Å². The first kappa shape index (κ1) is 13.8. The molecule has 0 radical (unpaired) electrons. The van der Waals surface area contributed by atoms with E-state index in [9.17, 15) is 10.2 Å². The van der Waals surface area contributed by atoms with Gasteiger partial charge in [-0.15, -0.1) is 0 Å². The number of rotatable bonds is 5. The summed E-state index contributed by atoms with van der Waals surface area (Å²) in [4.78, 5) is 3.69. The van der Waals surface area contributed by atoms with Crippen molar-refractivity contribution in [1.29, 1.82) is 0 Å². The molecule has 0 aliphatic carbocycles. The van der Waals surface area contributed by atoms with E-state index in [-0.39, 0.29) is 6.04 Å². The minimum absolute atomic E-state index is 0.0348. The van der Waals surface area contributed by atoms with Crippen LogP contribution in [0, 0.1) is 0 Å². The second-order valence-corrected chi connectivity index (χ2v) is 4.59. The van der Waals surface area contributed by atoms with Crippen LogP contribution < -0.4 is 0 Å². The maximum Gasteiger partial charge on any atom is 0.116 e. The lowest BCUT2D eigenvalue weighted by Gasteiger charge is -2.37. The maximum absolute atomic E-state index is 10.0. The smallest absolute Gasteiger partial charge is 0.116 e. The normalized spacial score (nSPS) is 21.0. The molecule has 4 heteroatoms. The summed E-state index contributed by atoms with van der Waals surface area (Å²) in [5.74, 6) is 0. The Kier molecular flexibility index (Phi) is 5.01. The second kappa shape index (κ2) is 5.07. The molecular formula is C10H24N2O2. The fourth-order valence-electron chi connectivity index (χ4n) is 1.36. The van der Waals surface area contributed by atoms with Gasteiger partial charge in [-0.2, -0.15) is 0 Å². The summed E-state index contributed by atoms with van der Waals surface area (Å²) in [6.07, 6.45) is 0.0708. The van der Waals surface area contributed by atoms with Gasteiger partial charge in [0, 0.05) is 12.5 Å². The van der Waals surface area contributed by atoms with E-state index in [1.165, 1.54) is 0 Å². The first-order chi connectivity index (χ1) is 6.18. The highest BCUT2D eigenvalue weighted by Crippen LogP contribution is 2.19. The van der Waals surface area contributed by atoms with E-state index in [0.717, 1.165) is 0 Å². The maximum atomic E-state index is 10.0. The van der Waals surface area contributed by atoms with Gasteiger partial charge < -0.3 is 15.1 Å². The molecule has 0 aromatic heterocycles. The molecule has 0 heterocycles. The van der Waals surface area contributed by atoms with Crippen LogP contribution in [0.1, 0.15) is 20.3 Å². The molecule has 3 atom stereocenters. The highest BCUT2D eigenvalue weighted by Gasteiger charge is 2.30. The van der Waals surface area contributed by atoms with Crippen molar-refractivity contribution in [1.82, 2.24) is 9.80 Å².